The highest BCUT2D eigenvalue weighted by molar-refractivity contribution is 5.88. The van der Waals surface area contributed by atoms with E-state index in [0.717, 1.165) is 17.3 Å². The van der Waals surface area contributed by atoms with E-state index in [-0.39, 0.29) is 0 Å². The predicted octanol–water partition coefficient (Wildman–Crippen LogP) is 4.27. The Kier molecular flexibility index (Phi) is 3.63. The summed E-state index contributed by atoms with van der Waals surface area (Å²) in [5.74, 6) is 0.309. The largest absolute Gasteiger partial charge is 0.508 e. The molecule has 0 aliphatic heterocycles. The maximum Gasteiger partial charge on any atom is 0.116 e. The molecular formula is C19H19NO. The summed E-state index contributed by atoms with van der Waals surface area (Å²) < 4.78 is 0. The minimum atomic E-state index is 0.309. The Balaban J connectivity index is 1.94. The summed E-state index contributed by atoms with van der Waals surface area (Å²) in [4.78, 5) is 2.16. The van der Waals surface area contributed by atoms with E-state index in [9.17, 15) is 5.11 Å². The van der Waals surface area contributed by atoms with Crippen LogP contribution in [0.3, 0.4) is 0 Å². The van der Waals surface area contributed by atoms with Crippen molar-refractivity contribution in [3.8, 4) is 16.9 Å². The summed E-state index contributed by atoms with van der Waals surface area (Å²) in [6.45, 7) is 0.956. The Bertz CT molecular complexity index is 760. The van der Waals surface area contributed by atoms with Crippen LogP contribution in [-0.2, 0) is 6.54 Å². The molecule has 2 nitrogen and oxygen atoms in total. The first kappa shape index (κ1) is 13.7. The summed E-state index contributed by atoms with van der Waals surface area (Å²) in [6, 6.07) is 20.5. The van der Waals surface area contributed by atoms with E-state index in [2.05, 4.69) is 61.5 Å². The molecule has 106 valence electrons. The van der Waals surface area contributed by atoms with Crippen LogP contribution in [0.4, 0.5) is 0 Å². The van der Waals surface area contributed by atoms with Crippen molar-refractivity contribution in [2.75, 3.05) is 14.1 Å². The molecule has 0 atom stereocenters. The molecule has 0 aromatic heterocycles. The number of fused-ring (bicyclic) bond motifs is 1. The molecule has 0 aliphatic carbocycles. The lowest BCUT2D eigenvalue weighted by molar-refractivity contribution is 0.402. The number of phenolic OH excluding ortho intramolecular Hbond substituents is 1. The fourth-order valence-electron chi connectivity index (χ4n) is 2.58. The molecule has 0 bridgehead atoms. The lowest BCUT2D eigenvalue weighted by Gasteiger charge is -2.10. The standard InChI is InChI=1S/C19H19NO/c1-20(2)13-14-3-5-15(6-4-14)16-7-8-18-12-19(21)10-9-17(18)11-16/h3-12,21H,13H2,1-2H3. The van der Waals surface area contributed by atoms with Gasteiger partial charge in [0, 0.05) is 6.54 Å². The van der Waals surface area contributed by atoms with E-state index < -0.39 is 0 Å². The maximum absolute atomic E-state index is 9.52. The molecule has 3 rings (SSSR count). The molecule has 0 aliphatic rings. The van der Waals surface area contributed by atoms with Crippen molar-refractivity contribution in [3.05, 3.63) is 66.2 Å². The number of hydrogen-bond acceptors (Lipinski definition) is 2. The Hall–Kier alpha value is -2.32. The predicted molar refractivity (Wildman–Crippen MR) is 88.4 cm³/mol. The number of hydrogen-bond donors (Lipinski definition) is 1. The number of nitrogens with zero attached hydrogens (tertiary/aromatic N) is 1. The van der Waals surface area contributed by atoms with E-state index in [0.29, 0.717) is 5.75 Å². The first-order valence-corrected chi connectivity index (χ1v) is 7.09. The van der Waals surface area contributed by atoms with Crippen molar-refractivity contribution in [3.63, 3.8) is 0 Å². The molecule has 1 N–H and O–H groups in total. The first-order valence-electron chi connectivity index (χ1n) is 7.09. The lowest BCUT2D eigenvalue weighted by atomic mass is 10.00. The molecule has 3 aromatic carbocycles. The van der Waals surface area contributed by atoms with Crippen LogP contribution in [0.25, 0.3) is 21.9 Å². The molecule has 0 saturated heterocycles. The molecule has 0 spiro atoms. The van der Waals surface area contributed by atoms with Gasteiger partial charge in [0.15, 0.2) is 0 Å². The lowest BCUT2D eigenvalue weighted by Crippen LogP contribution is -2.10. The van der Waals surface area contributed by atoms with Crippen molar-refractivity contribution >= 4 is 10.8 Å². The molecule has 21 heavy (non-hydrogen) atoms. The molecule has 0 saturated carbocycles. The molecule has 3 aromatic rings. The van der Waals surface area contributed by atoms with Crippen LogP contribution >= 0.6 is 0 Å². The van der Waals surface area contributed by atoms with Crippen molar-refractivity contribution < 1.29 is 5.11 Å². The van der Waals surface area contributed by atoms with Crippen LogP contribution in [0.15, 0.2) is 60.7 Å². The third-order valence-corrected chi connectivity index (χ3v) is 3.61. The van der Waals surface area contributed by atoms with Gasteiger partial charge < -0.3 is 10.0 Å². The Labute approximate surface area is 125 Å². The zero-order valence-corrected chi connectivity index (χ0v) is 12.4. The van der Waals surface area contributed by atoms with Gasteiger partial charge in [0.1, 0.15) is 5.75 Å². The summed E-state index contributed by atoms with van der Waals surface area (Å²) >= 11 is 0. The van der Waals surface area contributed by atoms with E-state index in [1.165, 1.54) is 16.7 Å². The quantitative estimate of drug-likeness (QED) is 0.772. The normalized spacial score (nSPS) is 11.2. The number of phenols is 1. The Morgan fingerprint density at radius 1 is 0.762 bits per heavy atom. The summed E-state index contributed by atoms with van der Waals surface area (Å²) in [7, 11) is 4.15. The SMILES string of the molecule is CN(C)Cc1ccc(-c2ccc3cc(O)ccc3c2)cc1. The van der Waals surface area contributed by atoms with Gasteiger partial charge in [0.2, 0.25) is 0 Å². The van der Waals surface area contributed by atoms with Gasteiger partial charge in [-0.25, -0.2) is 0 Å². The second-order valence-corrected chi connectivity index (χ2v) is 5.68. The zero-order valence-electron chi connectivity index (χ0n) is 12.4. The van der Waals surface area contributed by atoms with Crippen LogP contribution in [0.2, 0.25) is 0 Å². The highest BCUT2D eigenvalue weighted by atomic mass is 16.3. The maximum atomic E-state index is 9.52. The van der Waals surface area contributed by atoms with Crippen molar-refractivity contribution in [2.45, 2.75) is 6.54 Å². The van der Waals surface area contributed by atoms with Crippen LogP contribution in [0, 0.1) is 0 Å². The van der Waals surface area contributed by atoms with E-state index >= 15 is 0 Å². The summed E-state index contributed by atoms with van der Waals surface area (Å²) in [6.07, 6.45) is 0. The van der Waals surface area contributed by atoms with Crippen LogP contribution in [0.5, 0.6) is 5.75 Å². The van der Waals surface area contributed by atoms with Gasteiger partial charge >= 0.3 is 0 Å². The van der Waals surface area contributed by atoms with Gasteiger partial charge in [-0.15, -0.1) is 0 Å². The highest BCUT2D eigenvalue weighted by Gasteiger charge is 2.02. The number of rotatable bonds is 3. The van der Waals surface area contributed by atoms with Crippen molar-refractivity contribution in [1.29, 1.82) is 0 Å². The van der Waals surface area contributed by atoms with E-state index in [1.54, 1.807) is 12.1 Å². The molecule has 0 unspecified atom stereocenters. The van der Waals surface area contributed by atoms with Crippen LogP contribution < -0.4 is 0 Å². The second-order valence-electron chi connectivity index (χ2n) is 5.68. The second kappa shape index (κ2) is 5.58. The van der Waals surface area contributed by atoms with Gasteiger partial charge in [-0.3, -0.25) is 0 Å². The van der Waals surface area contributed by atoms with E-state index in [1.807, 2.05) is 6.07 Å². The fraction of sp³-hybridized carbons (Fsp3) is 0.158. The van der Waals surface area contributed by atoms with Gasteiger partial charge in [-0.1, -0.05) is 42.5 Å². The third kappa shape index (κ3) is 3.06. The van der Waals surface area contributed by atoms with Gasteiger partial charge in [-0.2, -0.15) is 0 Å². The van der Waals surface area contributed by atoms with Crippen LogP contribution in [0.1, 0.15) is 5.56 Å². The molecule has 0 heterocycles. The molecule has 0 fully saturated rings. The summed E-state index contributed by atoms with van der Waals surface area (Å²) in [5, 5.41) is 11.7. The van der Waals surface area contributed by atoms with Gasteiger partial charge in [-0.05, 0) is 59.8 Å². The van der Waals surface area contributed by atoms with Crippen molar-refractivity contribution in [2.24, 2.45) is 0 Å². The third-order valence-electron chi connectivity index (χ3n) is 3.61. The average molecular weight is 277 g/mol. The minimum Gasteiger partial charge on any atom is -0.508 e. The molecule has 0 amide bonds. The topological polar surface area (TPSA) is 23.5 Å². The van der Waals surface area contributed by atoms with E-state index in [4.69, 9.17) is 0 Å². The number of benzene rings is 3. The Morgan fingerprint density at radius 3 is 2.10 bits per heavy atom. The monoisotopic (exact) mass is 277 g/mol. The highest BCUT2D eigenvalue weighted by Crippen LogP contribution is 2.27. The van der Waals surface area contributed by atoms with Gasteiger partial charge in [0.05, 0.1) is 0 Å². The smallest absolute Gasteiger partial charge is 0.116 e. The average Bonchev–Trinajstić information content (AvgIpc) is 2.47. The molecule has 2 heteroatoms. The Morgan fingerprint density at radius 2 is 1.38 bits per heavy atom. The molecule has 0 radical (unpaired) electrons. The zero-order chi connectivity index (χ0) is 14.8. The van der Waals surface area contributed by atoms with Gasteiger partial charge in [0.25, 0.3) is 0 Å². The summed E-state index contributed by atoms with van der Waals surface area (Å²) in [5.41, 5.74) is 3.73. The first-order chi connectivity index (χ1) is 10.1. The fourth-order valence-corrected chi connectivity index (χ4v) is 2.58. The van der Waals surface area contributed by atoms with Crippen molar-refractivity contribution in [1.82, 2.24) is 4.90 Å². The number of aromatic hydroxyl groups is 1. The molecular weight excluding hydrogens is 258 g/mol. The minimum absolute atomic E-state index is 0.309. The van der Waals surface area contributed by atoms with Crippen LogP contribution in [-0.4, -0.2) is 24.1 Å².